The van der Waals surface area contributed by atoms with Crippen molar-refractivity contribution in [2.24, 2.45) is 5.73 Å². The molecule has 112 valence electrons. The molecule has 0 aliphatic heterocycles. The Morgan fingerprint density at radius 3 is 2.60 bits per heavy atom. The van der Waals surface area contributed by atoms with Gasteiger partial charge in [0.25, 0.3) is 0 Å². The van der Waals surface area contributed by atoms with Gasteiger partial charge in [-0.3, -0.25) is 0 Å². The number of nitrogens with one attached hydrogen (secondary N) is 1. The molecule has 20 heavy (non-hydrogen) atoms. The molecule has 0 saturated heterocycles. The monoisotopic (exact) mass is 362 g/mol. The SMILES string of the molecule is COC1(CNS(=O)(=O)c2ccc(CN)cc2Br)CCC1. The summed E-state index contributed by atoms with van der Waals surface area (Å²) in [5.74, 6) is 0. The lowest BCUT2D eigenvalue weighted by molar-refractivity contribution is -0.0659. The molecule has 1 aliphatic carbocycles. The van der Waals surface area contributed by atoms with E-state index in [9.17, 15) is 8.42 Å². The van der Waals surface area contributed by atoms with Gasteiger partial charge < -0.3 is 10.5 Å². The molecule has 2 rings (SSSR count). The Kier molecular flexibility index (Phi) is 4.86. The molecule has 0 unspecified atom stereocenters. The first-order chi connectivity index (χ1) is 9.42. The molecule has 0 radical (unpaired) electrons. The van der Waals surface area contributed by atoms with Crippen LogP contribution in [-0.2, 0) is 21.3 Å². The number of hydrogen-bond acceptors (Lipinski definition) is 4. The van der Waals surface area contributed by atoms with Crippen LogP contribution in [0.25, 0.3) is 0 Å². The lowest BCUT2D eigenvalue weighted by Gasteiger charge is -2.40. The minimum atomic E-state index is -3.55. The van der Waals surface area contributed by atoms with E-state index in [0.717, 1.165) is 24.8 Å². The molecule has 3 N–H and O–H groups in total. The van der Waals surface area contributed by atoms with E-state index in [2.05, 4.69) is 20.7 Å². The minimum Gasteiger partial charge on any atom is -0.377 e. The van der Waals surface area contributed by atoms with Gasteiger partial charge in [0.2, 0.25) is 10.0 Å². The highest BCUT2D eigenvalue weighted by Crippen LogP contribution is 2.34. The van der Waals surface area contributed by atoms with E-state index >= 15 is 0 Å². The van der Waals surface area contributed by atoms with Gasteiger partial charge in [0, 0.05) is 24.7 Å². The largest absolute Gasteiger partial charge is 0.377 e. The van der Waals surface area contributed by atoms with Crippen molar-refractivity contribution < 1.29 is 13.2 Å². The molecule has 7 heteroatoms. The average molecular weight is 363 g/mol. The zero-order valence-electron chi connectivity index (χ0n) is 11.4. The van der Waals surface area contributed by atoms with Crippen LogP contribution in [0.5, 0.6) is 0 Å². The van der Waals surface area contributed by atoms with Gasteiger partial charge >= 0.3 is 0 Å². The van der Waals surface area contributed by atoms with Crippen LogP contribution in [0.1, 0.15) is 24.8 Å². The second kappa shape index (κ2) is 6.11. The van der Waals surface area contributed by atoms with Gasteiger partial charge in [0.15, 0.2) is 0 Å². The zero-order valence-corrected chi connectivity index (χ0v) is 13.8. The van der Waals surface area contributed by atoms with Gasteiger partial charge in [-0.2, -0.15) is 0 Å². The van der Waals surface area contributed by atoms with Gasteiger partial charge in [0.1, 0.15) is 0 Å². The fourth-order valence-electron chi connectivity index (χ4n) is 2.22. The predicted octanol–water partition coefficient (Wildman–Crippen LogP) is 1.76. The van der Waals surface area contributed by atoms with Crippen LogP contribution >= 0.6 is 15.9 Å². The highest BCUT2D eigenvalue weighted by atomic mass is 79.9. The van der Waals surface area contributed by atoms with Crippen LogP contribution in [0.3, 0.4) is 0 Å². The third kappa shape index (κ3) is 3.23. The first-order valence-electron chi connectivity index (χ1n) is 6.46. The van der Waals surface area contributed by atoms with Crippen molar-refractivity contribution in [3.8, 4) is 0 Å². The van der Waals surface area contributed by atoms with E-state index in [0.29, 0.717) is 17.6 Å². The molecular weight excluding hydrogens is 344 g/mol. The van der Waals surface area contributed by atoms with E-state index in [1.165, 1.54) is 0 Å². The Morgan fingerprint density at radius 1 is 1.45 bits per heavy atom. The molecule has 0 spiro atoms. The molecule has 0 heterocycles. The number of benzene rings is 1. The molecule has 0 bridgehead atoms. The number of sulfonamides is 1. The molecule has 1 aliphatic rings. The van der Waals surface area contributed by atoms with Crippen molar-refractivity contribution in [2.45, 2.75) is 36.3 Å². The summed E-state index contributed by atoms with van der Waals surface area (Å²) < 4.78 is 33.2. The Balaban J connectivity index is 2.14. The number of ether oxygens (including phenoxy) is 1. The van der Waals surface area contributed by atoms with Crippen molar-refractivity contribution in [1.29, 1.82) is 0 Å². The standard InChI is InChI=1S/C13H19BrN2O3S/c1-19-13(5-2-6-13)9-16-20(17,18)12-4-3-10(8-15)7-11(12)14/h3-4,7,16H,2,5-6,8-9,15H2,1H3. The number of methoxy groups -OCH3 is 1. The molecule has 0 amide bonds. The number of hydrogen-bond donors (Lipinski definition) is 2. The van der Waals surface area contributed by atoms with Crippen LogP contribution in [0.15, 0.2) is 27.6 Å². The summed E-state index contributed by atoms with van der Waals surface area (Å²) in [6.07, 6.45) is 2.85. The predicted molar refractivity (Wildman–Crippen MR) is 80.8 cm³/mol. The van der Waals surface area contributed by atoms with Crippen LogP contribution < -0.4 is 10.5 Å². The van der Waals surface area contributed by atoms with Gasteiger partial charge in [0.05, 0.1) is 10.5 Å². The van der Waals surface area contributed by atoms with Crippen molar-refractivity contribution >= 4 is 26.0 Å². The zero-order chi connectivity index (χ0) is 14.8. The quantitative estimate of drug-likeness (QED) is 0.807. The fourth-order valence-corrected chi connectivity index (χ4v) is 4.45. The lowest BCUT2D eigenvalue weighted by Crippen LogP contribution is -2.49. The molecule has 1 aromatic carbocycles. The summed E-state index contributed by atoms with van der Waals surface area (Å²) in [6, 6.07) is 5.01. The number of halogens is 1. The maximum atomic E-state index is 12.3. The second-order valence-electron chi connectivity index (χ2n) is 5.03. The minimum absolute atomic E-state index is 0.222. The van der Waals surface area contributed by atoms with Crippen molar-refractivity contribution in [1.82, 2.24) is 4.72 Å². The van der Waals surface area contributed by atoms with E-state index in [1.54, 1.807) is 25.3 Å². The molecule has 5 nitrogen and oxygen atoms in total. The Bertz CT molecular complexity index is 580. The third-order valence-electron chi connectivity index (χ3n) is 3.80. The van der Waals surface area contributed by atoms with E-state index in [-0.39, 0.29) is 10.5 Å². The van der Waals surface area contributed by atoms with Gasteiger partial charge in [-0.15, -0.1) is 0 Å². The summed E-state index contributed by atoms with van der Waals surface area (Å²) in [4.78, 5) is 0.222. The highest BCUT2D eigenvalue weighted by Gasteiger charge is 2.38. The van der Waals surface area contributed by atoms with Crippen LogP contribution in [-0.4, -0.2) is 27.7 Å². The van der Waals surface area contributed by atoms with Crippen LogP contribution in [0.4, 0.5) is 0 Å². The van der Waals surface area contributed by atoms with Gasteiger partial charge in [-0.1, -0.05) is 6.07 Å². The normalized spacial score (nSPS) is 17.8. The Morgan fingerprint density at radius 2 is 2.15 bits per heavy atom. The summed E-state index contributed by atoms with van der Waals surface area (Å²) in [5, 5.41) is 0. The van der Waals surface area contributed by atoms with Gasteiger partial charge in [-0.05, 0) is 52.9 Å². The maximum absolute atomic E-state index is 12.3. The molecule has 0 aromatic heterocycles. The molecule has 1 saturated carbocycles. The molecular formula is C13H19BrN2O3S. The molecule has 1 fully saturated rings. The summed E-state index contributed by atoms with van der Waals surface area (Å²) >= 11 is 3.29. The van der Waals surface area contributed by atoms with Gasteiger partial charge in [-0.25, -0.2) is 13.1 Å². The lowest BCUT2D eigenvalue weighted by atomic mass is 9.80. The van der Waals surface area contributed by atoms with Crippen molar-refractivity contribution in [3.05, 3.63) is 28.2 Å². The Hall–Kier alpha value is -0.470. The maximum Gasteiger partial charge on any atom is 0.241 e. The molecule has 0 atom stereocenters. The van der Waals surface area contributed by atoms with E-state index in [4.69, 9.17) is 10.5 Å². The van der Waals surface area contributed by atoms with E-state index < -0.39 is 10.0 Å². The van der Waals surface area contributed by atoms with Crippen molar-refractivity contribution in [3.63, 3.8) is 0 Å². The first-order valence-corrected chi connectivity index (χ1v) is 8.73. The summed E-state index contributed by atoms with van der Waals surface area (Å²) in [6.45, 7) is 0.677. The average Bonchev–Trinajstić information content (AvgIpc) is 2.37. The Labute approximate surface area is 128 Å². The first kappa shape index (κ1) is 15.9. The van der Waals surface area contributed by atoms with E-state index in [1.807, 2.05) is 0 Å². The van der Waals surface area contributed by atoms with Crippen LogP contribution in [0, 0.1) is 0 Å². The summed E-state index contributed by atoms with van der Waals surface area (Å²) in [7, 11) is -1.93. The molecule has 1 aromatic rings. The topological polar surface area (TPSA) is 81.4 Å². The summed E-state index contributed by atoms with van der Waals surface area (Å²) in [5.41, 5.74) is 6.08. The highest BCUT2D eigenvalue weighted by molar-refractivity contribution is 9.10. The smallest absolute Gasteiger partial charge is 0.241 e. The van der Waals surface area contributed by atoms with Crippen molar-refractivity contribution in [2.75, 3.05) is 13.7 Å². The fraction of sp³-hybridized carbons (Fsp3) is 0.538. The van der Waals surface area contributed by atoms with Crippen LogP contribution in [0.2, 0.25) is 0 Å². The number of nitrogens with two attached hydrogens (primary N) is 1. The third-order valence-corrected chi connectivity index (χ3v) is 6.18. The second-order valence-corrected chi connectivity index (χ2v) is 7.62. The number of rotatable bonds is 6.